The Kier molecular flexibility index (Phi) is 3.69. The maximum Gasteiger partial charge on any atom is 0.305 e. The van der Waals surface area contributed by atoms with Crippen LogP contribution < -0.4 is 0 Å². The Labute approximate surface area is 94.9 Å². The van der Waals surface area contributed by atoms with Gasteiger partial charge in [-0.3, -0.25) is 0 Å². The first-order valence-electron chi connectivity index (χ1n) is 4.48. The van der Waals surface area contributed by atoms with Crippen molar-refractivity contribution in [1.29, 1.82) is 5.26 Å². The highest BCUT2D eigenvalue weighted by Crippen LogP contribution is 2.18. The Bertz CT molecular complexity index is 553. The van der Waals surface area contributed by atoms with Gasteiger partial charge in [-0.1, -0.05) is 24.3 Å². The van der Waals surface area contributed by atoms with Crippen LogP contribution in [0.15, 0.2) is 30.5 Å². The molecule has 0 atom stereocenters. The molecule has 0 saturated carbocycles. The maximum absolute atomic E-state index is 10.8. The number of rotatable bonds is 3. The van der Waals surface area contributed by atoms with Crippen LogP contribution in [0.5, 0.6) is 0 Å². The average molecular weight is 237 g/mol. The summed E-state index contributed by atoms with van der Waals surface area (Å²) in [4.78, 5) is 0. The Morgan fingerprint density at radius 1 is 1.44 bits per heavy atom. The number of nitrogens with zero attached hydrogens (tertiary/aromatic N) is 1. The molecule has 0 fully saturated rings. The molecule has 0 heterocycles. The summed E-state index contributed by atoms with van der Waals surface area (Å²) in [5.74, 6) is 0. The molecule has 0 aromatic heterocycles. The summed E-state index contributed by atoms with van der Waals surface area (Å²) in [6, 6.07) is 9.08. The van der Waals surface area contributed by atoms with Gasteiger partial charge in [-0.25, -0.2) is 0 Å². The van der Waals surface area contributed by atoms with Crippen molar-refractivity contribution in [3.05, 3.63) is 41.7 Å². The molecule has 0 spiro atoms. The van der Waals surface area contributed by atoms with Crippen molar-refractivity contribution in [2.24, 2.45) is 0 Å². The number of allylic oxidation sites excluding steroid dienone is 1. The molecule has 0 radical (unpaired) electrons. The zero-order valence-corrected chi connectivity index (χ0v) is 9.78. The van der Waals surface area contributed by atoms with Crippen molar-refractivity contribution in [3.63, 3.8) is 0 Å². The van der Waals surface area contributed by atoms with E-state index in [0.29, 0.717) is 5.56 Å². The Morgan fingerprint density at radius 3 is 2.56 bits per heavy atom. The van der Waals surface area contributed by atoms with Crippen molar-refractivity contribution in [2.75, 3.05) is 6.26 Å². The number of hydrogen-bond donors (Lipinski definition) is 0. The van der Waals surface area contributed by atoms with E-state index in [1.54, 1.807) is 12.1 Å². The van der Waals surface area contributed by atoms with Crippen molar-refractivity contribution in [2.45, 2.75) is 6.92 Å². The summed E-state index contributed by atoms with van der Waals surface area (Å²) in [7, 11) is -3.58. The molecule has 84 valence electrons. The lowest BCUT2D eigenvalue weighted by molar-refractivity contribution is 0.451. The molecule has 1 aromatic carbocycles. The maximum atomic E-state index is 10.8. The van der Waals surface area contributed by atoms with Gasteiger partial charge in [0.15, 0.2) is 0 Å². The minimum atomic E-state index is -3.58. The van der Waals surface area contributed by atoms with Crippen molar-refractivity contribution in [1.82, 2.24) is 0 Å². The highest BCUT2D eigenvalue weighted by atomic mass is 32.2. The highest BCUT2D eigenvalue weighted by Gasteiger charge is 2.06. The molecule has 0 N–H and O–H groups in total. The Hall–Kier alpha value is -1.80. The van der Waals surface area contributed by atoms with Crippen LogP contribution >= 0.6 is 0 Å². The van der Waals surface area contributed by atoms with Crippen LogP contribution in [-0.2, 0) is 14.3 Å². The molecule has 0 unspecified atom stereocenters. The molecule has 4 nitrogen and oxygen atoms in total. The van der Waals surface area contributed by atoms with Gasteiger partial charge in [-0.15, -0.1) is 0 Å². The third-order valence-corrected chi connectivity index (χ3v) is 2.34. The first-order valence-corrected chi connectivity index (χ1v) is 6.30. The third-order valence-electron chi connectivity index (χ3n) is 1.90. The van der Waals surface area contributed by atoms with Gasteiger partial charge in [-0.05, 0) is 18.1 Å². The van der Waals surface area contributed by atoms with E-state index >= 15 is 0 Å². The fourth-order valence-corrected chi connectivity index (χ4v) is 1.43. The molecular formula is C11H11NO3S. The summed E-state index contributed by atoms with van der Waals surface area (Å²) in [5.41, 5.74) is 1.73. The fourth-order valence-electron chi connectivity index (χ4n) is 1.16. The van der Waals surface area contributed by atoms with E-state index < -0.39 is 10.1 Å². The van der Waals surface area contributed by atoms with Crippen LogP contribution in [0, 0.1) is 18.3 Å². The molecule has 16 heavy (non-hydrogen) atoms. The predicted molar refractivity (Wildman–Crippen MR) is 60.7 cm³/mol. The summed E-state index contributed by atoms with van der Waals surface area (Å²) in [6.07, 6.45) is 1.88. The van der Waals surface area contributed by atoms with Crippen molar-refractivity contribution >= 4 is 15.7 Å². The van der Waals surface area contributed by atoms with Gasteiger partial charge < -0.3 is 4.18 Å². The van der Waals surface area contributed by atoms with Gasteiger partial charge in [0.25, 0.3) is 0 Å². The minimum Gasteiger partial charge on any atom is -0.389 e. The Balaban J connectivity index is 3.11. The van der Waals surface area contributed by atoms with Crippen LogP contribution in [0.4, 0.5) is 0 Å². The summed E-state index contributed by atoms with van der Waals surface area (Å²) in [6.45, 7) is 1.83. The van der Waals surface area contributed by atoms with Crippen LogP contribution in [-0.4, -0.2) is 14.7 Å². The van der Waals surface area contributed by atoms with Crippen LogP contribution in [0.1, 0.15) is 11.1 Å². The van der Waals surface area contributed by atoms with Gasteiger partial charge in [0.05, 0.1) is 11.8 Å². The molecule has 5 heteroatoms. The first kappa shape index (κ1) is 12.3. The number of hydrogen-bond acceptors (Lipinski definition) is 4. The average Bonchev–Trinajstić information content (AvgIpc) is 2.20. The molecule has 0 aliphatic heterocycles. The van der Waals surface area contributed by atoms with Crippen LogP contribution in [0.25, 0.3) is 5.57 Å². The first-order chi connectivity index (χ1) is 7.44. The van der Waals surface area contributed by atoms with Crippen molar-refractivity contribution in [3.8, 4) is 6.07 Å². The smallest absolute Gasteiger partial charge is 0.305 e. The molecule has 1 aromatic rings. The fraction of sp³-hybridized carbons (Fsp3) is 0.182. The van der Waals surface area contributed by atoms with Gasteiger partial charge in [-0.2, -0.15) is 13.7 Å². The van der Waals surface area contributed by atoms with Crippen molar-refractivity contribution < 1.29 is 12.6 Å². The van der Waals surface area contributed by atoms with Gasteiger partial charge in [0.2, 0.25) is 0 Å². The monoisotopic (exact) mass is 237 g/mol. The van der Waals surface area contributed by atoms with E-state index in [9.17, 15) is 8.42 Å². The molecule has 0 bridgehead atoms. The van der Waals surface area contributed by atoms with Gasteiger partial charge in [0, 0.05) is 0 Å². The van der Waals surface area contributed by atoms with E-state index in [1.807, 2.05) is 25.1 Å². The lowest BCUT2D eigenvalue weighted by Crippen LogP contribution is -1.97. The Morgan fingerprint density at radius 2 is 2.06 bits per heavy atom. The molecule has 1 rings (SSSR count). The standard InChI is InChI=1S/C11H11NO3S/c1-9-5-3-4-6-11(9)10(7-12)8-15-16(2,13)14/h3-6,8H,1-2H3. The van der Waals surface area contributed by atoms with E-state index in [0.717, 1.165) is 18.1 Å². The van der Waals surface area contributed by atoms with Crippen LogP contribution in [0.2, 0.25) is 0 Å². The topological polar surface area (TPSA) is 67.2 Å². The SMILES string of the molecule is Cc1ccccc1C(C#N)=COS(C)(=O)=O. The van der Waals surface area contributed by atoms with E-state index in [4.69, 9.17) is 5.26 Å². The second-order valence-corrected chi connectivity index (χ2v) is 4.86. The summed E-state index contributed by atoms with van der Waals surface area (Å²) in [5, 5.41) is 8.91. The lowest BCUT2D eigenvalue weighted by atomic mass is 10.0. The largest absolute Gasteiger partial charge is 0.389 e. The molecular weight excluding hydrogens is 226 g/mol. The molecule has 0 saturated heterocycles. The minimum absolute atomic E-state index is 0.184. The second kappa shape index (κ2) is 4.81. The zero-order chi connectivity index (χ0) is 12.2. The van der Waals surface area contributed by atoms with Gasteiger partial charge >= 0.3 is 10.1 Å². The predicted octanol–water partition coefficient (Wildman–Crippen LogP) is 1.84. The second-order valence-electron chi connectivity index (χ2n) is 3.26. The number of nitriles is 1. The van der Waals surface area contributed by atoms with E-state index in [1.165, 1.54) is 0 Å². The zero-order valence-electron chi connectivity index (χ0n) is 8.97. The lowest BCUT2D eigenvalue weighted by Gasteiger charge is -2.03. The quantitative estimate of drug-likeness (QED) is 0.457. The van der Waals surface area contributed by atoms with E-state index in [-0.39, 0.29) is 5.57 Å². The number of benzene rings is 1. The van der Waals surface area contributed by atoms with E-state index in [2.05, 4.69) is 4.18 Å². The molecule has 0 aliphatic carbocycles. The van der Waals surface area contributed by atoms with Gasteiger partial charge in [0.1, 0.15) is 12.3 Å². The normalized spacial score (nSPS) is 11.9. The summed E-state index contributed by atoms with van der Waals surface area (Å²) < 4.78 is 26.1. The third kappa shape index (κ3) is 3.41. The molecule has 0 amide bonds. The summed E-state index contributed by atoms with van der Waals surface area (Å²) >= 11 is 0. The van der Waals surface area contributed by atoms with Crippen LogP contribution in [0.3, 0.4) is 0 Å². The highest BCUT2D eigenvalue weighted by molar-refractivity contribution is 7.86. The number of aryl methyl sites for hydroxylation is 1. The molecule has 0 aliphatic rings.